The topological polar surface area (TPSA) is 34.1 Å². The smallest absolute Gasteiger partial charge is 0.118 e. The van der Waals surface area contributed by atoms with Crippen LogP contribution in [0, 0.1) is 0 Å². The van der Waals surface area contributed by atoms with Gasteiger partial charge in [0.25, 0.3) is 0 Å². The van der Waals surface area contributed by atoms with E-state index >= 15 is 0 Å². The van der Waals surface area contributed by atoms with Gasteiger partial charge in [0, 0.05) is 28.2 Å². The van der Waals surface area contributed by atoms with Crippen LogP contribution in [0.25, 0.3) is 22.2 Å². The molecule has 1 aromatic heterocycles. The molecule has 3 aromatic carbocycles. The molecule has 0 aliphatic heterocycles. The molecule has 140 valence electrons. The molecule has 1 N–H and O–H groups in total. The molecule has 1 heterocycles. The second-order valence-electron chi connectivity index (χ2n) is 6.60. The highest BCUT2D eigenvalue weighted by atomic mass is 35.5. The van der Waals surface area contributed by atoms with Crippen molar-refractivity contribution < 1.29 is 4.74 Å². The molecule has 0 fully saturated rings. The van der Waals surface area contributed by atoms with Gasteiger partial charge in [0.1, 0.15) is 5.75 Å². The van der Waals surface area contributed by atoms with Crippen LogP contribution in [0.5, 0.6) is 5.75 Å². The lowest BCUT2D eigenvalue weighted by Gasteiger charge is -2.13. The molecular weight excluding hydrogens is 368 g/mol. The van der Waals surface area contributed by atoms with Gasteiger partial charge in [0.05, 0.1) is 18.3 Å². The quantitative estimate of drug-likeness (QED) is 0.425. The van der Waals surface area contributed by atoms with Crippen molar-refractivity contribution >= 4 is 28.2 Å². The Balaban J connectivity index is 1.61. The molecule has 0 saturated heterocycles. The summed E-state index contributed by atoms with van der Waals surface area (Å²) >= 11 is 5.97. The molecule has 3 nitrogen and oxygen atoms in total. The predicted octanol–water partition coefficient (Wildman–Crippen LogP) is 6.22. The summed E-state index contributed by atoms with van der Waals surface area (Å²) in [5.74, 6) is 0.839. The fourth-order valence-electron chi connectivity index (χ4n) is 3.22. The van der Waals surface area contributed by atoms with Crippen LogP contribution in [0.3, 0.4) is 0 Å². The van der Waals surface area contributed by atoms with Crippen molar-refractivity contribution in [1.29, 1.82) is 0 Å². The summed E-state index contributed by atoms with van der Waals surface area (Å²) in [6.45, 7) is 0.831. The van der Waals surface area contributed by atoms with E-state index in [1.54, 1.807) is 7.11 Å². The summed E-state index contributed by atoms with van der Waals surface area (Å²) in [4.78, 5) is 4.84. The number of aromatic nitrogens is 1. The lowest BCUT2D eigenvalue weighted by Crippen LogP contribution is -2.06. The number of rotatable bonds is 6. The molecular formula is C24H21ClN2O. The highest BCUT2D eigenvalue weighted by molar-refractivity contribution is 6.30. The Kier molecular flexibility index (Phi) is 5.45. The average Bonchev–Trinajstić information content (AvgIpc) is 2.75. The minimum atomic E-state index is 0.765. The van der Waals surface area contributed by atoms with E-state index in [0.29, 0.717) is 0 Å². The van der Waals surface area contributed by atoms with Gasteiger partial charge < -0.3 is 10.1 Å². The molecule has 0 unspecified atom stereocenters. The molecule has 0 saturated carbocycles. The lowest BCUT2D eigenvalue weighted by molar-refractivity contribution is 0.415. The third-order valence-electron chi connectivity index (χ3n) is 4.74. The minimum absolute atomic E-state index is 0.765. The molecule has 0 spiro atoms. The summed E-state index contributed by atoms with van der Waals surface area (Å²) in [6.07, 6.45) is 0.922. The van der Waals surface area contributed by atoms with E-state index in [-0.39, 0.29) is 0 Å². The molecule has 0 radical (unpaired) electrons. The second kappa shape index (κ2) is 8.32. The van der Waals surface area contributed by atoms with E-state index in [1.807, 2.05) is 54.6 Å². The van der Waals surface area contributed by atoms with Gasteiger partial charge in [0.2, 0.25) is 0 Å². The van der Waals surface area contributed by atoms with Crippen LogP contribution >= 0.6 is 11.6 Å². The zero-order valence-corrected chi connectivity index (χ0v) is 16.4. The fourth-order valence-corrected chi connectivity index (χ4v) is 3.35. The number of halogens is 1. The molecule has 0 atom stereocenters. The zero-order chi connectivity index (χ0) is 19.3. The van der Waals surface area contributed by atoms with Crippen molar-refractivity contribution in [1.82, 2.24) is 4.98 Å². The number of hydrogen-bond donors (Lipinski definition) is 1. The number of para-hydroxylation sites is 1. The highest BCUT2D eigenvalue weighted by Gasteiger charge is 2.08. The molecule has 4 rings (SSSR count). The second-order valence-corrected chi connectivity index (χ2v) is 7.04. The molecule has 0 aliphatic carbocycles. The number of fused-ring (bicyclic) bond motifs is 1. The van der Waals surface area contributed by atoms with Gasteiger partial charge in [-0.15, -0.1) is 0 Å². The first kappa shape index (κ1) is 18.3. The molecule has 0 amide bonds. The summed E-state index contributed by atoms with van der Waals surface area (Å²) < 4.78 is 5.26. The zero-order valence-electron chi connectivity index (χ0n) is 15.7. The number of nitrogens with one attached hydrogen (secondary N) is 1. The van der Waals surface area contributed by atoms with Gasteiger partial charge in [-0.25, -0.2) is 4.98 Å². The van der Waals surface area contributed by atoms with Gasteiger partial charge in [0.15, 0.2) is 0 Å². The summed E-state index contributed by atoms with van der Waals surface area (Å²) in [6, 6.07) is 26.3. The van der Waals surface area contributed by atoms with Crippen LogP contribution in [0.2, 0.25) is 5.02 Å². The molecule has 0 bridgehead atoms. The van der Waals surface area contributed by atoms with Crippen molar-refractivity contribution in [2.24, 2.45) is 0 Å². The van der Waals surface area contributed by atoms with Crippen molar-refractivity contribution in [2.75, 3.05) is 19.0 Å². The van der Waals surface area contributed by atoms with Gasteiger partial charge in [-0.05, 0) is 60.5 Å². The lowest BCUT2D eigenvalue weighted by atomic mass is 10.1. The normalized spacial score (nSPS) is 10.8. The largest absolute Gasteiger partial charge is 0.497 e. The van der Waals surface area contributed by atoms with Gasteiger partial charge in [-0.1, -0.05) is 41.9 Å². The summed E-state index contributed by atoms with van der Waals surface area (Å²) in [5.41, 5.74) is 5.32. The monoisotopic (exact) mass is 388 g/mol. The number of benzene rings is 3. The van der Waals surface area contributed by atoms with E-state index < -0.39 is 0 Å². The molecule has 4 heteroatoms. The standard InChI is InChI=1S/C24H21ClN2O/c1-28-20-12-8-18(9-13-20)23-16-24(21-4-2-3-5-22(21)27-23)26-15-14-17-6-10-19(25)11-7-17/h2-13,16H,14-15H2,1H3,(H,26,27). The van der Waals surface area contributed by atoms with Crippen LogP contribution < -0.4 is 10.1 Å². The van der Waals surface area contributed by atoms with Crippen molar-refractivity contribution in [3.8, 4) is 17.0 Å². The Bertz CT molecular complexity index is 1080. The fraction of sp³-hybridized carbons (Fsp3) is 0.125. The van der Waals surface area contributed by atoms with Crippen LogP contribution in [-0.4, -0.2) is 18.6 Å². The predicted molar refractivity (Wildman–Crippen MR) is 117 cm³/mol. The average molecular weight is 389 g/mol. The number of methoxy groups -OCH3 is 1. The van der Waals surface area contributed by atoms with Crippen molar-refractivity contribution in [2.45, 2.75) is 6.42 Å². The Morgan fingerprint density at radius 2 is 1.68 bits per heavy atom. The minimum Gasteiger partial charge on any atom is -0.497 e. The Labute approximate surface area is 170 Å². The summed E-state index contributed by atoms with van der Waals surface area (Å²) in [7, 11) is 1.67. The third kappa shape index (κ3) is 4.10. The van der Waals surface area contributed by atoms with Crippen LogP contribution in [0.1, 0.15) is 5.56 Å². The summed E-state index contributed by atoms with van der Waals surface area (Å²) in [5, 5.41) is 5.47. The van der Waals surface area contributed by atoms with Crippen molar-refractivity contribution in [3.63, 3.8) is 0 Å². The van der Waals surface area contributed by atoms with Gasteiger partial charge >= 0.3 is 0 Å². The molecule has 0 aliphatic rings. The van der Waals surface area contributed by atoms with E-state index in [0.717, 1.165) is 51.6 Å². The molecule has 28 heavy (non-hydrogen) atoms. The first-order valence-corrected chi connectivity index (χ1v) is 9.63. The highest BCUT2D eigenvalue weighted by Crippen LogP contribution is 2.29. The molecule has 4 aromatic rings. The number of pyridine rings is 1. The number of anilines is 1. The Hall–Kier alpha value is -3.04. The van der Waals surface area contributed by atoms with Crippen LogP contribution in [0.4, 0.5) is 5.69 Å². The third-order valence-corrected chi connectivity index (χ3v) is 5.00. The van der Waals surface area contributed by atoms with Gasteiger partial charge in [-0.2, -0.15) is 0 Å². The van der Waals surface area contributed by atoms with Crippen molar-refractivity contribution in [3.05, 3.63) is 89.4 Å². The number of ether oxygens (including phenoxy) is 1. The maximum absolute atomic E-state index is 5.97. The van der Waals surface area contributed by atoms with E-state index in [1.165, 1.54) is 5.56 Å². The maximum atomic E-state index is 5.97. The van der Waals surface area contributed by atoms with Gasteiger partial charge in [-0.3, -0.25) is 0 Å². The maximum Gasteiger partial charge on any atom is 0.118 e. The SMILES string of the molecule is COc1ccc(-c2cc(NCCc3ccc(Cl)cc3)c3ccccc3n2)cc1. The number of hydrogen-bond acceptors (Lipinski definition) is 3. The first-order valence-electron chi connectivity index (χ1n) is 9.25. The van der Waals surface area contributed by atoms with E-state index in [2.05, 4.69) is 29.6 Å². The Morgan fingerprint density at radius 3 is 2.43 bits per heavy atom. The van der Waals surface area contributed by atoms with Crippen LogP contribution in [-0.2, 0) is 6.42 Å². The van der Waals surface area contributed by atoms with E-state index in [4.69, 9.17) is 21.3 Å². The Morgan fingerprint density at radius 1 is 0.929 bits per heavy atom. The van der Waals surface area contributed by atoms with Crippen LogP contribution in [0.15, 0.2) is 78.9 Å². The van der Waals surface area contributed by atoms with E-state index in [9.17, 15) is 0 Å². The number of nitrogens with zero attached hydrogens (tertiary/aromatic N) is 1. The first-order chi connectivity index (χ1) is 13.7.